The van der Waals surface area contributed by atoms with E-state index in [1.165, 1.54) is 0 Å². The number of hydrogen-bond acceptors (Lipinski definition) is 4. The Kier molecular flexibility index (Phi) is 7.63. The van der Waals surface area contributed by atoms with Crippen molar-refractivity contribution < 1.29 is 9.53 Å². The van der Waals surface area contributed by atoms with Crippen LogP contribution in [0.1, 0.15) is 49.8 Å². The molecule has 7 heteroatoms. The highest BCUT2D eigenvalue weighted by Crippen LogP contribution is 2.26. The number of aryl methyl sites for hydroxylation is 1. The smallest absolute Gasteiger partial charge is 0.262 e. The van der Waals surface area contributed by atoms with Crippen LogP contribution in [0.15, 0.2) is 47.3 Å². The largest absolute Gasteiger partial charge is 0.496 e. The predicted octanol–water partition coefficient (Wildman–Crippen LogP) is 4.81. The van der Waals surface area contributed by atoms with Gasteiger partial charge in [-0.3, -0.25) is 14.2 Å². The second-order valence-corrected chi connectivity index (χ2v) is 8.16. The fourth-order valence-electron chi connectivity index (χ4n) is 3.72. The number of fused-ring (bicyclic) bond motifs is 1. The summed E-state index contributed by atoms with van der Waals surface area (Å²) in [7, 11) is 1.63. The van der Waals surface area contributed by atoms with Crippen molar-refractivity contribution in [3.8, 4) is 5.75 Å². The Labute approximate surface area is 187 Å². The number of nitrogens with one attached hydrogen (secondary N) is 2. The average molecular weight is 440 g/mol. The Balaban J connectivity index is 1.49. The Bertz CT molecular complexity index is 1180. The third-order valence-corrected chi connectivity index (χ3v) is 5.73. The number of unbranched alkanes of at least 4 members (excludes halogenated alkanes) is 2. The lowest BCUT2D eigenvalue weighted by molar-refractivity contribution is -0.121. The van der Waals surface area contributed by atoms with Gasteiger partial charge in [-0.1, -0.05) is 36.2 Å². The summed E-state index contributed by atoms with van der Waals surface area (Å²) in [6.07, 6.45) is 2.81. The number of hydrogen-bond donors (Lipinski definition) is 2. The normalized spacial score (nSPS) is 12.0. The molecule has 3 rings (SSSR count). The highest BCUT2D eigenvalue weighted by molar-refractivity contribution is 7.71. The first-order valence-electron chi connectivity index (χ1n) is 10.6. The second-order valence-electron chi connectivity index (χ2n) is 7.78. The van der Waals surface area contributed by atoms with Crippen LogP contribution in [-0.4, -0.2) is 22.6 Å². The first-order valence-corrected chi connectivity index (χ1v) is 11.0. The zero-order valence-electron chi connectivity index (χ0n) is 18.2. The monoisotopic (exact) mass is 439 g/mol. The average Bonchev–Trinajstić information content (AvgIpc) is 2.75. The van der Waals surface area contributed by atoms with E-state index < -0.39 is 0 Å². The van der Waals surface area contributed by atoms with Gasteiger partial charge in [0.1, 0.15) is 5.75 Å². The summed E-state index contributed by atoms with van der Waals surface area (Å²) >= 11 is 5.34. The molecule has 0 fully saturated rings. The molecule has 0 aliphatic carbocycles. The van der Waals surface area contributed by atoms with E-state index in [0.29, 0.717) is 23.1 Å². The van der Waals surface area contributed by atoms with E-state index >= 15 is 0 Å². The minimum atomic E-state index is -0.128. The number of rotatable bonds is 9. The molecule has 0 aliphatic heterocycles. The molecule has 0 radical (unpaired) electrons. The number of methoxy groups -OCH3 is 1. The maximum Gasteiger partial charge on any atom is 0.262 e. The molecule has 2 aromatic carbocycles. The molecule has 164 valence electrons. The third kappa shape index (κ3) is 5.61. The quantitative estimate of drug-likeness (QED) is 0.370. The summed E-state index contributed by atoms with van der Waals surface area (Å²) in [6.45, 7) is 4.52. The molecule has 1 aromatic heterocycles. The van der Waals surface area contributed by atoms with Crippen molar-refractivity contribution in [1.82, 2.24) is 14.9 Å². The Morgan fingerprint density at radius 1 is 1.19 bits per heavy atom. The molecule has 2 N–H and O–H groups in total. The van der Waals surface area contributed by atoms with E-state index in [4.69, 9.17) is 17.0 Å². The number of H-pyrrole nitrogens is 1. The third-order valence-electron chi connectivity index (χ3n) is 5.40. The van der Waals surface area contributed by atoms with Crippen LogP contribution in [0.2, 0.25) is 0 Å². The molecule has 0 saturated heterocycles. The lowest BCUT2D eigenvalue weighted by Crippen LogP contribution is -2.26. The van der Waals surface area contributed by atoms with Gasteiger partial charge < -0.3 is 15.0 Å². The van der Waals surface area contributed by atoms with Crippen molar-refractivity contribution in [3.05, 3.63) is 68.7 Å². The summed E-state index contributed by atoms with van der Waals surface area (Å²) in [6, 6.07) is 13.2. The molecule has 0 bridgehead atoms. The van der Waals surface area contributed by atoms with Crippen LogP contribution in [-0.2, 0) is 11.3 Å². The molecule has 1 atom stereocenters. The van der Waals surface area contributed by atoms with Crippen LogP contribution in [0.4, 0.5) is 0 Å². The summed E-state index contributed by atoms with van der Waals surface area (Å²) in [4.78, 5) is 28.1. The van der Waals surface area contributed by atoms with Gasteiger partial charge in [0.2, 0.25) is 5.91 Å². The van der Waals surface area contributed by atoms with Crippen LogP contribution in [0.25, 0.3) is 10.9 Å². The molecule has 0 spiro atoms. The first kappa shape index (κ1) is 22.7. The fraction of sp³-hybridized carbons (Fsp3) is 0.375. The molecule has 0 aliphatic rings. The molecular weight excluding hydrogens is 410 g/mol. The molecule has 31 heavy (non-hydrogen) atoms. The van der Waals surface area contributed by atoms with Gasteiger partial charge in [0, 0.05) is 18.5 Å². The van der Waals surface area contributed by atoms with Gasteiger partial charge in [0.05, 0.1) is 24.1 Å². The fourth-order valence-corrected chi connectivity index (χ4v) is 4.00. The van der Waals surface area contributed by atoms with Gasteiger partial charge in [-0.05, 0) is 57.1 Å². The van der Waals surface area contributed by atoms with E-state index in [2.05, 4.69) is 10.3 Å². The van der Waals surface area contributed by atoms with Gasteiger partial charge in [-0.15, -0.1) is 0 Å². The SMILES string of the molecule is COc1ccc(C)cc1C(C)NC(=O)CCCCCn1c(=S)[nH]c2ccccc2c1=O. The van der Waals surface area contributed by atoms with Gasteiger partial charge in [0.25, 0.3) is 5.56 Å². The minimum absolute atomic E-state index is 0.0104. The number of ether oxygens (including phenoxy) is 1. The van der Waals surface area contributed by atoms with Gasteiger partial charge >= 0.3 is 0 Å². The van der Waals surface area contributed by atoms with Crippen LogP contribution in [0, 0.1) is 11.7 Å². The topological polar surface area (TPSA) is 76.1 Å². The number of para-hydroxylation sites is 1. The van der Waals surface area contributed by atoms with E-state index in [0.717, 1.165) is 41.7 Å². The maximum atomic E-state index is 12.7. The molecule has 1 unspecified atom stereocenters. The molecule has 3 aromatic rings. The first-order chi connectivity index (χ1) is 14.9. The van der Waals surface area contributed by atoms with Crippen molar-refractivity contribution in [2.24, 2.45) is 0 Å². The van der Waals surface area contributed by atoms with Crippen molar-refractivity contribution in [1.29, 1.82) is 0 Å². The number of carbonyl (C=O) groups is 1. The Morgan fingerprint density at radius 2 is 1.97 bits per heavy atom. The van der Waals surface area contributed by atoms with Crippen LogP contribution >= 0.6 is 12.2 Å². The highest BCUT2D eigenvalue weighted by atomic mass is 32.1. The van der Waals surface area contributed by atoms with Crippen molar-refractivity contribution in [2.45, 2.75) is 52.1 Å². The van der Waals surface area contributed by atoms with Gasteiger partial charge in [-0.2, -0.15) is 0 Å². The van der Waals surface area contributed by atoms with Crippen molar-refractivity contribution in [2.75, 3.05) is 7.11 Å². The maximum absolute atomic E-state index is 12.7. The number of amides is 1. The van der Waals surface area contributed by atoms with E-state index in [-0.39, 0.29) is 17.5 Å². The molecular formula is C24H29N3O3S. The summed E-state index contributed by atoms with van der Waals surface area (Å²) in [5, 5.41) is 3.68. The zero-order chi connectivity index (χ0) is 22.4. The second kappa shape index (κ2) is 10.4. The van der Waals surface area contributed by atoms with Gasteiger partial charge in [0.15, 0.2) is 4.77 Å². The number of aromatic nitrogens is 2. The highest BCUT2D eigenvalue weighted by Gasteiger charge is 2.14. The predicted molar refractivity (Wildman–Crippen MR) is 126 cm³/mol. The molecule has 1 heterocycles. The zero-order valence-corrected chi connectivity index (χ0v) is 19.1. The van der Waals surface area contributed by atoms with Crippen molar-refractivity contribution >= 4 is 29.0 Å². The standard InChI is InChI=1S/C24H29N3O3S/c1-16-12-13-21(30-3)19(15-16)17(2)25-22(28)11-5-4-8-14-27-23(29)18-9-6-7-10-20(18)26-24(27)31/h6-7,9-10,12-13,15,17H,4-5,8,11,14H2,1-3H3,(H,25,28)(H,26,31). The lowest BCUT2D eigenvalue weighted by Gasteiger charge is -2.18. The lowest BCUT2D eigenvalue weighted by atomic mass is 10.0. The van der Waals surface area contributed by atoms with E-state index in [1.54, 1.807) is 17.7 Å². The minimum Gasteiger partial charge on any atom is -0.496 e. The summed E-state index contributed by atoms with van der Waals surface area (Å²) in [5.74, 6) is 0.784. The summed E-state index contributed by atoms with van der Waals surface area (Å²) < 4.78 is 7.45. The Hall–Kier alpha value is -2.93. The molecule has 6 nitrogen and oxygen atoms in total. The molecule has 0 saturated carbocycles. The number of aromatic amines is 1. The summed E-state index contributed by atoms with van der Waals surface area (Å²) in [5.41, 5.74) is 2.78. The Morgan fingerprint density at radius 3 is 2.74 bits per heavy atom. The number of benzene rings is 2. The van der Waals surface area contributed by atoms with Crippen molar-refractivity contribution in [3.63, 3.8) is 0 Å². The van der Waals surface area contributed by atoms with Crippen LogP contribution in [0.3, 0.4) is 0 Å². The van der Waals surface area contributed by atoms with E-state index in [1.807, 2.05) is 50.2 Å². The number of carbonyl (C=O) groups excluding carboxylic acids is 1. The van der Waals surface area contributed by atoms with E-state index in [9.17, 15) is 9.59 Å². The number of nitrogens with zero attached hydrogens (tertiary/aromatic N) is 1. The van der Waals surface area contributed by atoms with Crippen LogP contribution < -0.4 is 15.6 Å². The molecule has 1 amide bonds. The van der Waals surface area contributed by atoms with Crippen LogP contribution in [0.5, 0.6) is 5.75 Å². The van der Waals surface area contributed by atoms with Gasteiger partial charge in [-0.25, -0.2) is 0 Å².